The monoisotopic (exact) mass is 386 g/mol. The van der Waals surface area contributed by atoms with Gasteiger partial charge in [-0.2, -0.15) is 0 Å². The minimum Gasteiger partial charge on any atom is -0.493 e. The van der Waals surface area contributed by atoms with Crippen molar-refractivity contribution in [1.29, 1.82) is 0 Å². The van der Waals surface area contributed by atoms with E-state index < -0.39 is 5.91 Å². The highest BCUT2D eigenvalue weighted by molar-refractivity contribution is 6.04. The molecule has 2 N–H and O–H groups in total. The predicted octanol–water partition coefficient (Wildman–Crippen LogP) is 2.79. The first-order valence-corrected chi connectivity index (χ1v) is 9.06. The number of carbonyl (C=O) groups excluding carboxylic acids is 2. The van der Waals surface area contributed by atoms with Crippen LogP contribution in [0.1, 0.15) is 18.9 Å². The highest BCUT2D eigenvalue weighted by Crippen LogP contribution is 2.27. The van der Waals surface area contributed by atoms with Gasteiger partial charge in [-0.25, -0.2) is 0 Å². The Hall–Kier alpha value is -3.22. The SMILES string of the molecule is CCOc1ccccc1NC(=O)CC(=O)NCCc1ccc(OC)c(OC)c1. The predicted molar refractivity (Wildman–Crippen MR) is 107 cm³/mol. The van der Waals surface area contributed by atoms with E-state index in [-0.39, 0.29) is 12.3 Å². The third kappa shape index (κ3) is 6.19. The van der Waals surface area contributed by atoms with Crippen LogP contribution in [-0.2, 0) is 16.0 Å². The fourth-order valence-electron chi connectivity index (χ4n) is 2.64. The van der Waals surface area contributed by atoms with Gasteiger partial charge >= 0.3 is 0 Å². The Morgan fingerprint density at radius 3 is 2.39 bits per heavy atom. The molecule has 0 aliphatic heterocycles. The first-order valence-electron chi connectivity index (χ1n) is 9.06. The zero-order chi connectivity index (χ0) is 20.4. The molecule has 0 aliphatic rings. The van der Waals surface area contributed by atoms with Crippen LogP contribution in [0.25, 0.3) is 0 Å². The van der Waals surface area contributed by atoms with Gasteiger partial charge in [-0.05, 0) is 43.2 Å². The van der Waals surface area contributed by atoms with Gasteiger partial charge in [0.05, 0.1) is 26.5 Å². The summed E-state index contributed by atoms with van der Waals surface area (Å²) < 4.78 is 15.9. The van der Waals surface area contributed by atoms with Crippen LogP contribution in [0.2, 0.25) is 0 Å². The largest absolute Gasteiger partial charge is 0.493 e. The smallest absolute Gasteiger partial charge is 0.233 e. The maximum Gasteiger partial charge on any atom is 0.233 e. The summed E-state index contributed by atoms with van der Waals surface area (Å²) in [4.78, 5) is 24.1. The molecule has 28 heavy (non-hydrogen) atoms. The molecule has 0 atom stereocenters. The van der Waals surface area contributed by atoms with E-state index in [9.17, 15) is 9.59 Å². The van der Waals surface area contributed by atoms with Crippen LogP contribution in [0.5, 0.6) is 17.2 Å². The van der Waals surface area contributed by atoms with Gasteiger partial charge in [0.15, 0.2) is 11.5 Å². The van der Waals surface area contributed by atoms with Gasteiger partial charge in [-0.15, -0.1) is 0 Å². The Bertz CT molecular complexity index is 807. The van der Waals surface area contributed by atoms with Gasteiger partial charge in [-0.1, -0.05) is 18.2 Å². The molecule has 0 saturated heterocycles. The number of amides is 2. The van der Waals surface area contributed by atoms with Crippen molar-refractivity contribution in [2.75, 3.05) is 32.7 Å². The van der Waals surface area contributed by atoms with Crippen LogP contribution < -0.4 is 24.8 Å². The number of carbonyl (C=O) groups is 2. The van der Waals surface area contributed by atoms with Crippen molar-refractivity contribution in [3.05, 3.63) is 48.0 Å². The number of ether oxygens (including phenoxy) is 3. The van der Waals surface area contributed by atoms with Crippen molar-refractivity contribution in [3.63, 3.8) is 0 Å². The summed E-state index contributed by atoms with van der Waals surface area (Å²) in [5, 5.41) is 5.46. The molecule has 150 valence electrons. The molecule has 0 unspecified atom stereocenters. The first-order chi connectivity index (χ1) is 13.6. The molecule has 2 amide bonds. The Morgan fingerprint density at radius 1 is 0.929 bits per heavy atom. The molecule has 0 radical (unpaired) electrons. The molecule has 0 saturated carbocycles. The zero-order valence-electron chi connectivity index (χ0n) is 16.4. The number of benzene rings is 2. The van der Waals surface area contributed by atoms with E-state index in [4.69, 9.17) is 14.2 Å². The lowest BCUT2D eigenvalue weighted by Crippen LogP contribution is -2.29. The lowest BCUT2D eigenvalue weighted by Gasteiger charge is -2.12. The second-order valence-corrected chi connectivity index (χ2v) is 5.94. The number of hydrogen-bond acceptors (Lipinski definition) is 5. The first kappa shape index (κ1) is 21.1. The maximum atomic E-state index is 12.1. The molecule has 0 aromatic heterocycles. The van der Waals surface area contributed by atoms with Crippen molar-refractivity contribution >= 4 is 17.5 Å². The van der Waals surface area contributed by atoms with Gasteiger partial charge in [0.1, 0.15) is 12.2 Å². The summed E-state index contributed by atoms with van der Waals surface area (Å²) in [6.45, 7) is 2.77. The second-order valence-electron chi connectivity index (χ2n) is 5.94. The van der Waals surface area contributed by atoms with Gasteiger partial charge < -0.3 is 24.8 Å². The summed E-state index contributed by atoms with van der Waals surface area (Å²) in [5.41, 5.74) is 1.54. The van der Waals surface area contributed by atoms with Crippen LogP contribution in [0.3, 0.4) is 0 Å². The van der Waals surface area contributed by atoms with E-state index in [1.54, 1.807) is 32.4 Å². The summed E-state index contributed by atoms with van der Waals surface area (Å²) in [6.07, 6.45) is 0.354. The third-order valence-corrected chi connectivity index (χ3v) is 3.97. The highest BCUT2D eigenvalue weighted by Gasteiger charge is 2.12. The van der Waals surface area contributed by atoms with E-state index in [0.717, 1.165) is 5.56 Å². The van der Waals surface area contributed by atoms with E-state index in [2.05, 4.69) is 10.6 Å². The van der Waals surface area contributed by atoms with Crippen molar-refractivity contribution < 1.29 is 23.8 Å². The number of rotatable bonds is 10. The van der Waals surface area contributed by atoms with Crippen LogP contribution in [-0.4, -0.2) is 39.2 Å². The highest BCUT2D eigenvalue weighted by atomic mass is 16.5. The lowest BCUT2D eigenvalue weighted by atomic mass is 10.1. The fraction of sp³-hybridized carbons (Fsp3) is 0.333. The van der Waals surface area contributed by atoms with Crippen LogP contribution in [0, 0.1) is 0 Å². The number of nitrogens with one attached hydrogen (secondary N) is 2. The molecular weight excluding hydrogens is 360 g/mol. The molecule has 0 aliphatic carbocycles. The van der Waals surface area contributed by atoms with E-state index in [1.807, 2.05) is 31.2 Å². The number of anilines is 1. The molecule has 7 nitrogen and oxygen atoms in total. The Kier molecular flexibility index (Phi) is 8.14. The van der Waals surface area contributed by atoms with Gasteiger partial charge in [0.25, 0.3) is 0 Å². The van der Waals surface area contributed by atoms with Gasteiger partial charge in [0.2, 0.25) is 11.8 Å². The lowest BCUT2D eigenvalue weighted by molar-refractivity contribution is -0.126. The van der Waals surface area contributed by atoms with Crippen LogP contribution >= 0.6 is 0 Å². The summed E-state index contributed by atoms with van der Waals surface area (Å²) in [7, 11) is 3.15. The van der Waals surface area contributed by atoms with E-state index in [1.165, 1.54) is 0 Å². The van der Waals surface area contributed by atoms with Gasteiger partial charge in [0, 0.05) is 6.54 Å². The topological polar surface area (TPSA) is 85.9 Å². The number of hydrogen-bond donors (Lipinski definition) is 2. The van der Waals surface area contributed by atoms with Crippen molar-refractivity contribution in [3.8, 4) is 17.2 Å². The fourth-order valence-corrected chi connectivity index (χ4v) is 2.64. The number of para-hydroxylation sites is 2. The summed E-state index contributed by atoms with van der Waals surface area (Å²) >= 11 is 0. The quantitative estimate of drug-likeness (QED) is 0.613. The minimum absolute atomic E-state index is 0.258. The average Bonchev–Trinajstić information content (AvgIpc) is 2.69. The van der Waals surface area contributed by atoms with Gasteiger partial charge in [-0.3, -0.25) is 9.59 Å². The second kappa shape index (κ2) is 10.8. The molecule has 2 aromatic carbocycles. The third-order valence-electron chi connectivity index (χ3n) is 3.97. The van der Waals surface area contributed by atoms with E-state index >= 15 is 0 Å². The van der Waals surface area contributed by atoms with E-state index in [0.29, 0.717) is 42.5 Å². The standard InChI is InChI=1S/C21H26N2O5/c1-4-28-17-8-6-5-7-16(17)23-21(25)14-20(24)22-12-11-15-9-10-18(26-2)19(13-15)27-3/h5-10,13H,4,11-12,14H2,1-3H3,(H,22,24)(H,23,25). The zero-order valence-corrected chi connectivity index (χ0v) is 16.4. The molecule has 0 fully saturated rings. The van der Waals surface area contributed by atoms with Crippen molar-refractivity contribution in [2.24, 2.45) is 0 Å². The average molecular weight is 386 g/mol. The molecule has 2 rings (SSSR count). The minimum atomic E-state index is -0.393. The van der Waals surface area contributed by atoms with Crippen LogP contribution in [0.15, 0.2) is 42.5 Å². The molecule has 7 heteroatoms. The van der Waals surface area contributed by atoms with Crippen molar-refractivity contribution in [1.82, 2.24) is 5.32 Å². The Morgan fingerprint density at radius 2 is 1.68 bits per heavy atom. The summed E-state index contributed by atoms with van der Waals surface area (Å²) in [6, 6.07) is 12.7. The van der Waals surface area contributed by atoms with Crippen LogP contribution in [0.4, 0.5) is 5.69 Å². The van der Waals surface area contributed by atoms with Crippen molar-refractivity contribution in [2.45, 2.75) is 19.8 Å². The number of methoxy groups -OCH3 is 2. The normalized spacial score (nSPS) is 10.1. The molecule has 0 bridgehead atoms. The Balaban J connectivity index is 1.80. The molecule has 0 spiro atoms. The Labute approximate surface area is 165 Å². The molecule has 2 aromatic rings. The maximum absolute atomic E-state index is 12.1. The summed E-state index contributed by atoms with van der Waals surface area (Å²) in [5.74, 6) is 1.13. The molecule has 0 heterocycles. The molecular formula is C21H26N2O5.